The quantitative estimate of drug-likeness (QED) is 0.778. The average molecular weight is 343 g/mol. The molecule has 2 aromatic rings. The van der Waals surface area contributed by atoms with Crippen LogP contribution in [0.3, 0.4) is 0 Å². The fraction of sp³-hybridized carbons (Fsp3) is 0.474. The number of aromatic nitrogens is 1. The van der Waals surface area contributed by atoms with Gasteiger partial charge in [0.25, 0.3) is 0 Å². The van der Waals surface area contributed by atoms with Crippen LogP contribution in [0, 0.1) is 6.92 Å². The second kappa shape index (κ2) is 7.70. The molecule has 1 aliphatic heterocycles. The SMILES string of the molecule is Cc1ccnc(N2CCN(Cc3ccoc3)CC2)c1C(=O)OC(C)C. The summed E-state index contributed by atoms with van der Waals surface area (Å²) in [5.74, 6) is 0.435. The van der Waals surface area contributed by atoms with Crippen molar-refractivity contribution in [3.05, 3.63) is 47.5 Å². The molecule has 1 fully saturated rings. The predicted octanol–water partition coefficient (Wildman–Crippen LogP) is 2.87. The van der Waals surface area contributed by atoms with E-state index in [4.69, 9.17) is 9.15 Å². The van der Waals surface area contributed by atoms with E-state index in [0.29, 0.717) is 5.56 Å². The van der Waals surface area contributed by atoms with Crippen molar-refractivity contribution in [2.24, 2.45) is 0 Å². The summed E-state index contributed by atoms with van der Waals surface area (Å²) >= 11 is 0. The van der Waals surface area contributed by atoms with Gasteiger partial charge in [0.1, 0.15) is 11.4 Å². The maximum atomic E-state index is 12.5. The number of nitrogens with zero attached hydrogens (tertiary/aromatic N) is 3. The fourth-order valence-corrected chi connectivity index (χ4v) is 3.07. The second-order valence-electron chi connectivity index (χ2n) is 6.68. The lowest BCUT2D eigenvalue weighted by Gasteiger charge is -2.36. The Bertz CT molecular complexity index is 705. The van der Waals surface area contributed by atoms with E-state index in [1.807, 2.05) is 32.9 Å². The van der Waals surface area contributed by atoms with Gasteiger partial charge in [0.2, 0.25) is 0 Å². The minimum atomic E-state index is -0.295. The summed E-state index contributed by atoms with van der Waals surface area (Å²) in [6.45, 7) is 10.0. The Kier molecular flexibility index (Phi) is 5.38. The summed E-state index contributed by atoms with van der Waals surface area (Å²) in [4.78, 5) is 21.5. The number of anilines is 1. The van der Waals surface area contributed by atoms with Crippen molar-refractivity contribution in [2.75, 3.05) is 31.1 Å². The van der Waals surface area contributed by atoms with Gasteiger partial charge in [0, 0.05) is 44.5 Å². The minimum Gasteiger partial charge on any atom is -0.472 e. The number of rotatable bonds is 5. The number of piperazine rings is 1. The molecule has 3 rings (SSSR count). The Labute approximate surface area is 148 Å². The fourth-order valence-electron chi connectivity index (χ4n) is 3.07. The summed E-state index contributed by atoms with van der Waals surface area (Å²) in [5.41, 5.74) is 2.67. The molecular weight excluding hydrogens is 318 g/mol. The molecular formula is C19H25N3O3. The number of furan rings is 1. The number of carbonyl (C=O) groups excluding carboxylic acids is 1. The van der Waals surface area contributed by atoms with E-state index in [-0.39, 0.29) is 12.1 Å². The van der Waals surface area contributed by atoms with Gasteiger partial charge in [-0.2, -0.15) is 0 Å². The Hall–Kier alpha value is -2.34. The maximum Gasteiger partial charge on any atom is 0.342 e. The zero-order chi connectivity index (χ0) is 17.8. The highest BCUT2D eigenvalue weighted by Gasteiger charge is 2.25. The van der Waals surface area contributed by atoms with Gasteiger partial charge in [-0.25, -0.2) is 9.78 Å². The molecule has 0 saturated carbocycles. The first kappa shape index (κ1) is 17.5. The number of aryl methyl sites for hydroxylation is 1. The van der Waals surface area contributed by atoms with E-state index in [9.17, 15) is 4.79 Å². The van der Waals surface area contributed by atoms with Gasteiger partial charge in [-0.15, -0.1) is 0 Å². The molecule has 0 amide bonds. The molecule has 134 valence electrons. The molecule has 1 aliphatic rings. The zero-order valence-electron chi connectivity index (χ0n) is 15.1. The molecule has 1 saturated heterocycles. The maximum absolute atomic E-state index is 12.5. The minimum absolute atomic E-state index is 0.147. The Morgan fingerprint density at radius 3 is 2.68 bits per heavy atom. The second-order valence-corrected chi connectivity index (χ2v) is 6.68. The van der Waals surface area contributed by atoms with E-state index in [0.717, 1.165) is 44.1 Å². The van der Waals surface area contributed by atoms with E-state index in [2.05, 4.69) is 14.8 Å². The van der Waals surface area contributed by atoms with Crippen molar-refractivity contribution in [3.8, 4) is 0 Å². The molecule has 0 unspecified atom stereocenters. The van der Waals surface area contributed by atoms with E-state index < -0.39 is 0 Å². The Balaban J connectivity index is 1.70. The number of pyridine rings is 1. The van der Waals surface area contributed by atoms with Gasteiger partial charge in [-0.05, 0) is 38.5 Å². The summed E-state index contributed by atoms with van der Waals surface area (Å²) in [5, 5.41) is 0. The van der Waals surface area contributed by atoms with Crippen LogP contribution in [-0.2, 0) is 11.3 Å². The summed E-state index contributed by atoms with van der Waals surface area (Å²) in [6.07, 6.45) is 5.10. The normalized spacial score (nSPS) is 15.6. The summed E-state index contributed by atoms with van der Waals surface area (Å²) in [7, 11) is 0. The van der Waals surface area contributed by atoms with Gasteiger partial charge >= 0.3 is 5.97 Å². The lowest BCUT2D eigenvalue weighted by Crippen LogP contribution is -2.46. The molecule has 0 aromatic carbocycles. The van der Waals surface area contributed by atoms with Crippen LogP contribution in [0.15, 0.2) is 35.3 Å². The van der Waals surface area contributed by atoms with Crippen LogP contribution >= 0.6 is 0 Å². The monoisotopic (exact) mass is 343 g/mol. The molecule has 0 bridgehead atoms. The first-order valence-corrected chi connectivity index (χ1v) is 8.69. The molecule has 0 aliphatic carbocycles. The molecule has 0 radical (unpaired) electrons. The van der Waals surface area contributed by atoms with Crippen molar-refractivity contribution < 1.29 is 13.9 Å². The Morgan fingerprint density at radius 2 is 2.04 bits per heavy atom. The first-order chi connectivity index (χ1) is 12.0. The number of hydrogen-bond donors (Lipinski definition) is 0. The van der Waals surface area contributed by atoms with Crippen molar-refractivity contribution in [1.82, 2.24) is 9.88 Å². The summed E-state index contributed by atoms with van der Waals surface area (Å²) < 4.78 is 10.5. The molecule has 3 heterocycles. The van der Waals surface area contributed by atoms with E-state index in [1.165, 1.54) is 5.56 Å². The Morgan fingerprint density at radius 1 is 1.28 bits per heavy atom. The van der Waals surface area contributed by atoms with Crippen LogP contribution in [-0.4, -0.2) is 48.1 Å². The van der Waals surface area contributed by atoms with Gasteiger partial charge in [0.15, 0.2) is 0 Å². The standard InChI is InChI=1S/C19H25N3O3/c1-14(2)25-19(23)17-15(3)4-6-20-18(17)22-9-7-21(8-10-22)12-16-5-11-24-13-16/h4-6,11,13-14H,7-10,12H2,1-3H3. The van der Waals surface area contributed by atoms with E-state index in [1.54, 1.807) is 18.7 Å². The topological polar surface area (TPSA) is 58.8 Å². The largest absolute Gasteiger partial charge is 0.472 e. The molecule has 0 spiro atoms. The molecule has 6 heteroatoms. The third kappa shape index (κ3) is 4.20. The van der Waals surface area contributed by atoms with Crippen molar-refractivity contribution in [2.45, 2.75) is 33.4 Å². The van der Waals surface area contributed by atoms with Crippen LogP contribution in [0.2, 0.25) is 0 Å². The molecule has 2 aromatic heterocycles. The number of ether oxygens (including phenoxy) is 1. The number of hydrogen-bond acceptors (Lipinski definition) is 6. The first-order valence-electron chi connectivity index (χ1n) is 8.69. The van der Waals surface area contributed by atoms with E-state index >= 15 is 0 Å². The van der Waals surface area contributed by atoms with Crippen molar-refractivity contribution >= 4 is 11.8 Å². The van der Waals surface area contributed by atoms with Crippen LogP contribution in [0.5, 0.6) is 0 Å². The van der Waals surface area contributed by atoms with Gasteiger partial charge in [-0.3, -0.25) is 4.90 Å². The van der Waals surface area contributed by atoms with Crippen LogP contribution in [0.25, 0.3) is 0 Å². The van der Waals surface area contributed by atoms with Gasteiger partial charge in [0.05, 0.1) is 18.6 Å². The number of carbonyl (C=O) groups is 1. The third-order valence-electron chi connectivity index (χ3n) is 4.34. The van der Waals surface area contributed by atoms with Crippen molar-refractivity contribution in [1.29, 1.82) is 0 Å². The predicted molar refractivity (Wildman–Crippen MR) is 95.7 cm³/mol. The molecule has 6 nitrogen and oxygen atoms in total. The highest BCUT2D eigenvalue weighted by molar-refractivity contribution is 5.96. The van der Waals surface area contributed by atoms with Crippen LogP contribution in [0.4, 0.5) is 5.82 Å². The smallest absolute Gasteiger partial charge is 0.342 e. The highest BCUT2D eigenvalue weighted by atomic mass is 16.5. The van der Waals surface area contributed by atoms with Gasteiger partial charge in [-0.1, -0.05) is 0 Å². The third-order valence-corrected chi connectivity index (χ3v) is 4.34. The average Bonchev–Trinajstić information content (AvgIpc) is 3.07. The highest BCUT2D eigenvalue weighted by Crippen LogP contribution is 2.24. The lowest BCUT2D eigenvalue weighted by atomic mass is 10.1. The lowest BCUT2D eigenvalue weighted by molar-refractivity contribution is 0.0377. The molecule has 0 N–H and O–H groups in total. The summed E-state index contributed by atoms with van der Waals surface area (Å²) in [6, 6.07) is 3.85. The zero-order valence-corrected chi connectivity index (χ0v) is 15.1. The molecule has 0 atom stereocenters. The molecule has 25 heavy (non-hydrogen) atoms. The van der Waals surface area contributed by atoms with Crippen LogP contribution < -0.4 is 4.90 Å². The van der Waals surface area contributed by atoms with Crippen LogP contribution in [0.1, 0.15) is 35.3 Å². The van der Waals surface area contributed by atoms with Gasteiger partial charge < -0.3 is 14.1 Å². The number of esters is 1. The van der Waals surface area contributed by atoms with Crippen molar-refractivity contribution in [3.63, 3.8) is 0 Å².